The molecule has 3 nitrogen and oxygen atoms in total. The highest BCUT2D eigenvalue weighted by Gasteiger charge is 2.10. The summed E-state index contributed by atoms with van der Waals surface area (Å²) in [6, 6.07) is 6.30. The van der Waals surface area contributed by atoms with Crippen molar-refractivity contribution in [3.63, 3.8) is 0 Å². The summed E-state index contributed by atoms with van der Waals surface area (Å²) >= 11 is 1.22. The van der Waals surface area contributed by atoms with Crippen molar-refractivity contribution in [2.45, 2.75) is 18.6 Å². The lowest BCUT2D eigenvalue weighted by molar-refractivity contribution is -0.116. The van der Waals surface area contributed by atoms with E-state index in [0.717, 1.165) is 5.69 Å². The zero-order chi connectivity index (χ0) is 13.0. The van der Waals surface area contributed by atoms with Gasteiger partial charge in [-0.25, -0.2) is 9.37 Å². The molecule has 2 rings (SSSR count). The SMILES string of the molecule is Cc1coc(SCC(=O)Cc2ccccc2F)n1. The zero-order valence-corrected chi connectivity index (χ0v) is 10.7. The quantitative estimate of drug-likeness (QED) is 0.779. The van der Waals surface area contributed by atoms with Crippen molar-refractivity contribution in [1.82, 2.24) is 4.98 Å². The van der Waals surface area contributed by atoms with Crippen LogP contribution in [-0.4, -0.2) is 16.5 Å². The van der Waals surface area contributed by atoms with Crippen LogP contribution in [0, 0.1) is 12.7 Å². The first-order valence-corrected chi connectivity index (χ1v) is 6.44. The molecule has 0 amide bonds. The third kappa shape index (κ3) is 3.43. The number of thioether (sulfide) groups is 1. The lowest BCUT2D eigenvalue weighted by Crippen LogP contribution is -2.07. The van der Waals surface area contributed by atoms with E-state index in [4.69, 9.17) is 4.42 Å². The predicted octanol–water partition coefficient (Wildman–Crippen LogP) is 3.03. The second-order valence-electron chi connectivity index (χ2n) is 3.85. The largest absolute Gasteiger partial charge is 0.440 e. The molecule has 0 fully saturated rings. The van der Waals surface area contributed by atoms with Crippen LogP contribution >= 0.6 is 11.8 Å². The highest BCUT2D eigenvalue weighted by atomic mass is 32.2. The Hall–Kier alpha value is -1.62. The summed E-state index contributed by atoms with van der Waals surface area (Å²) in [7, 11) is 0. The standard InChI is InChI=1S/C13H12FNO2S/c1-9-7-17-13(15-9)18-8-11(16)6-10-4-2-3-5-12(10)14/h2-5,7H,6,8H2,1H3. The maximum atomic E-state index is 13.3. The lowest BCUT2D eigenvalue weighted by atomic mass is 10.1. The van der Waals surface area contributed by atoms with E-state index in [2.05, 4.69) is 4.98 Å². The Morgan fingerprint density at radius 2 is 2.22 bits per heavy atom. The number of benzene rings is 1. The van der Waals surface area contributed by atoms with Gasteiger partial charge in [0, 0.05) is 6.42 Å². The number of nitrogens with zero attached hydrogens (tertiary/aromatic N) is 1. The fourth-order valence-corrected chi connectivity index (χ4v) is 2.16. The Morgan fingerprint density at radius 3 is 2.89 bits per heavy atom. The molecule has 0 aliphatic carbocycles. The molecular weight excluding hydrogens is 253 g/mol. The van der Waals surface area contributed by atoms with Gasteiger partial charge in [0.15, 0.2) is 0 Å². The average Bonchev–Trinajstić information content (AvgIpc) is 2.76. The normalized spacial score (nSPS) is 10.6. The number of Topliss-reactive ketones (excluding diaryl/α,β-unsaturated/α-hetero) is 1. The summed E-state index contributed by atoms with van der Waals surface area (Å²) in [6.07, 6.45) is 1.63. The Labute approximate surface area is 108 Å². The number of hydrogen-bond acceptors (Lipinski definition) is 4. The Bertz CT molecular complexity index is 553. The molecule has 0 radical (unpaired) electrons. The van der Waals surface area contributed by atoms with Gasteiger partial charge in [0.1, 0.15) is 17.9 Å². The monoisotopic (exact) mass is 265 g/mol. The second-order valence-corrected chi connectivity index (χ2v) is 4.78. The van der Waals surface area contributed by atoms with Gasteiger partial charge in [-0.05, 0) is 18.6 Å². The van der Waals surface area contributed by atoms with E-state index in [9.17, 15) is 9.18 Å². The van der Waals surface area contributed by atoms with Crippen LogP contribution in [0.15, 0.2) is 40.2 Å². The molecule has 0 spiro atoms. The molecule has 5 heteroatoms. The number of aromatic nitrogens is 1. The number of oxazole rings is 1. The van der Waals surface area contributed by atoms with Crippen LogP contribution in [0.3, 0.4) is 0 Å². The summed E-state index contributed by atoms with van der Waals surface area (Å²) in [6.45, 7) is 1.81. The summed E-state index contributed by atoms with van der Waals surface area (Å²) in [5, 5.41) is 0.467. The van der Waals surface area contributed by atoms with Crippen LogP contribution in [0.4, 0.5) is 4.39 Å². The van der Waals surface area contributed by atoms with Gasteiger partial charge in [0.2, 0.25) is 0 Å². The first-order valence-electron chi connectivity index (χ1n) is 5.45. The Balaban J connectivity index is 1.88. The molecule has 0 unspecified atom stereocenters. The number of carbonyl (C=O) groups is 1. The topological polar surface area (TPSA) is 43.1 Å². The van der Waals surface area contributed by atoms with Crippen molar-refractivity contribution in [3.8, 4) is 0 Å². The lowest BCUT2D eigenvalue weighted by Gasteiger charge is -2.01. The first kappa shape index (κ1) is 12.8. The maximum absolute atomic E-state index is 13.3. The van der Waals surface area contributed by atoms with Gasteiger partial charge in [0.05, 0.1) is 11.4 Å². The number of carbonyl (C=O) groups excluding carboxylic acids is 1. The minimum Gasteiger partial charge on any atom is -0.440 e. The van der Waals surface area contributed by atoms with Gasteiger partial charge < -0.3 is 4.42 Å². The van der Waals surface area contributed by atoms with Gasteiger partial charge in [0.25, 0.3) is 5.22 Å². The fraction of sp³-hybridized carbons (Fsp3) is 0.231. The summed E-state index contributed by atoms with van der Waals surface area (Å²) < 4.78 is 18.4. The summed E-state index contributed by atoms with van der Waals surface area (Å²) in [4.78, 5) is 15.8. The van der Waals surface area contributed by atoms with Gasteiger partial charge >= 0.3 is 0 Å². The van der Waals surface area contributed by atoms with E-state index in [-0.39, 0.29) is 23.8 Å². The summed E-state index contributed by atoms with van der Waals surface area (Å²) in [5.74, 6) is -0.169. The molecule has 18 heavy (non-hydrogen) atoms. The molecule has 2 aromatic rings. The molecule has 0 N–H and O–H groups in total. The van der Waals surface area contributed by atoms with Crippen molar-refractivity contribution < 1.29 is 13.6 Å². The van der Waals surface area contributed by atoms with Crippen molar-refractivity contribution in [3.05, 3.63) is 47.6 Å². The molecule has 94 valence electrons. The van der Waals surface area contributed by atoms with Crippen LogP contribution in [-0.2, 0) is 11.2 Å². The van der Waals surface area contributed by atoms with Gasteiger partial charge in [-0.3, -0.25) is 4.79 Å². The number of rotatable bonds is 5. The van der Waals surface area contributed by atoms with Crippen molar-refractivity contribution >= 4 is 17.5 Å². The number of hydrogen-bond donors (Lipinski definition) is 0. The molecule has 0 saturated heterocycles. The average molecular weight is 265 g/mol. The zero-order valence-electron chi connectivity index (χ0n) is 9.85. The highest BCUT2D eigenvalue weighted by molar-refractivity contribution is 7.99. The van der Waals surface area contributed by atoms with E-state index < -0.39 is 0 Å². The highest BCUT2D eigenvalue weighted by Crippen LogP contribution is 2.17. The van der Waals surface area contributed by atoms with Crippen LogP contribution in [0.2, 0.25) is 0 Å². The van der Waals surface area contributed by atoms with Crippen molar-refractivity contribution in [1.29, 1.82) is 0 Å². The van der Waals surface area contributed by atoms with Crippen LogP contribution in [0.1, 0.15) is 11.3 Å². The molecular formula is C13H12FNO2S. The second kappa shape index (κ2) is 5.82. The van der Waals surface area contributed by atoms with Crippen LogP contribution in [0.5, 0.6) is 0 Å². The molecule has 0 atom stereocenters. The molecule has 1 heterocycles. The third-order valence-corrected chi connectivity index (χ3v) is 3.20. The van der Waals surface area contributed by atoms with E-state index in [1.165, 1.54) is 24.1 Å². The van der Waals surface area contributed by atoms with Crippen LogP contribution < -0.4 is 0 Å². The predicted molar refractivity (Wildman–Crippen MR) is 67.1 cm³/mol. The molecule has 0 saturated carbocycles. The molecule has 0 aliphatic rings. The van der Waals surface area contributed by atoms with Gasteiger partial charge in [-0.15, -0.1) is 0 Å². The van der Waals surface area contributed by atoms with Crippen LogP contribution in [0.25, 0.3) is 0 Å². The van der Waals surface area contributed by atoms with E-state index in [1.807, 2.05) is 6.92 Å². The third-order valence-electron chi connectivity index (χ3n) is 2.30. The Kier molecular flexibility index (Phi) is 4.15. The van der Waals surface area contributed by atoms with E-state index >= 15 is 0 Å². The first-order chi connectivity index (χ1) is 8.65. The van der Waals surface area contributed by atoms with E-state index in [1.54, 1.807) is 18.2 Å². The van der Waals surface area contributed by atoms with Crippen molar-refractivity contribution in [2.75, 3.05) is 5.75 Å². The van der Waals surface area contributed by atoms with Gasteiger partial charge in [-0.2, -0.15) is 0 Å². The molecule has 0 bridgehead atoms. The minimum absolute atomic E-state index is 0.0547. The molecule has 0 aliphatic heterocycles. The maximum Gasteiger partial charge on any atom is 0.256 e. The molecule has 1 aromatic heterocycles. The summed E-state index contributed by atoms with van der Waals surface area (Å²) in [5.41, 5.74) is 1.20. The Morgan fingerprint density at radius 1 is 1.44 bits per heavy atom. The van der Waals surface area contributed by atoms with E-state index in [0.29, 0.717) is 10.8 Å². The smallest absolute Gasteiger partial charge is 0.256 e. The minimum atomic E-state index is -0.345. The number of halogens is 1. The number of ketones is 1. The number of aryl methyl sites for hydroxylation is 1. The molecule has 1 aromatic carbocycles. The van der Waals surface area contributed by atoms with Crippen molar-refractivity contribution in [2.24, 2.45) is 0 Å². The van der Waals surface area contributed by atoms with Gasteiger partial charge in [-0.1, -0.05) is 30.0 Å². The fourth-order valence-electron chi connectivity index (χ4n) is 1.45.